The van der Waals surface area contributed by atoms with Crippen molar-refractivity contribution in [1.82, 2.24) is 0 Å². The number of allylic oxidation sites excluding steroid dienone is 1. The number of hydrogen-bond donors (Lipinski definition) is 6. The van der Waals surface area contributed by atoms with Crippen LogP contribution in [-0.2, 0) is 4.57 Å². The zero-order chi connectivity index (χ0) is 20.3. The lowest BCUT2D eigenvalue weighted by Crippen LogP contribution is -2.36. The van der Waals surface area contributed by atoms with E-state index in [9.17, 15) is 5.11 Å². The van der Waals surface area contributed by atoms with Gasteiger partial charge in [0.15, 0.2) is 0 Å². The van der Waals surface area contributed by atoms with Crippen LogP contribution in [-0.4, -0.2) is 43.6 Å². The summed E-state index contributed by atoms with van der Waals surface area (Å²) >= 11 is 0. The van der Waals surface area contributed by atoms with E-state index in [1.54, 1.807) is 6.08 Å². The van der Waals surface area contributed by atoms with Crippen LogP contribution in [0.15, 0.2) is 12.2 Å². The number of phosphoric acid groups is 1. The van der Waals surface area contributed by atoms with E-state index in [1.807, 2.05) is 6.08 Å². The predicted octanol–water partition coefficient (Wildman–Crippen LogP) is 3.00. The van der Waals surface area contributed by atoms with Crippen LogP contribution < -0.4 is 5.73 Å². The quantitative estimate of drug-likeness (QED) is 0.142. The molecular weight excluding hydrogens is 357 g/mol. The number of rotatable bonds is 15. The van der Waals surface area contributed by atoms with Gasteiger partial charge in [-0.25, -0.2) is 4.57 Å². The molecule has 0 fully saturated rings. The summed E-state index contributed by atoms with van der Waals surface area (Å²) in [6.45, 7) is 2.08. The van der Waals surface area contributed by atoms with Crippen molar-refractivity contribution in [2.45, 2.75) is 96.1 Å². The Morgan fingerprint density at radius 1 is 0.885 bits per heavy atom. The summed E-state index contributed by atoms with van der Waals surface area (Å²) < 4.78 is 8.88. The minimum atomic E-state index is -4.64. The fourth-order valence-electron chi connectivity index (χ4n) is 2.41. The van der Waals surface area contributed by atoms with Gasteiger partial charge in [0.1, 0.15) is 0 Å². The molecule has 0 spiro atoms. The number of unbranched alkanes of at least 4 members (excludes halogenated alkanes) is 11. The van der Waals surface area contributed by atoms with Gasteiger partial charge in [-0.2, -0.15) is 0 Å². The van der Waals surface area contributed by atoms with E-state index >= 15 is 0 Å². The highest BCUT2D eigenvalue weighted by molar-refractivity contribution is 7.45. The maximum atomic E-state index is 9.52. The molecule has 0 saturated carbocycles. The van der Waals surface area contributed by atoms with Gasteiger partial charge in [-0.15, -0.1) is 0 Å². The zero-order valence-corrected chi connectivity index (χ0v) is 17.1. The van der Waals surface area contributed by atoms with E-state index in [0.29, 0.717) is 0 Å². The lowest BCUT2D eigenvalue weighted by molar-refractivity contribution is 0.144. The van der Waals surface area contributed by atoms with Crippen LogP contribution >= 0.6 is 7.82 Å². The Labute approximate surface area is 158 Å². The molecule has 8 heteroatoms. The molecule has 0 aromatic heterocycles. The van der Waals surface area contributed by atoms with Crippen LogP contribution in [0.3, 0.4) is 0 Å². The van der Waals surface area contributed by atoms with Gasteiger partial charge in [-0.1, -0.05) is 83.3 Å². The average Bonchev–Trinajstić information content (AvgIpc) is 2.56. The lowest BCUT2D eigenvalue weighted by Gasteiger charge is -2.11. The highest BCUT2D eigenvalue weighted by atomic mass is 31.2. The second-order valence-corrected chi connectivity index (χ2v) is 7.63. The molecular formula is C18H40NO6P. The highest BCUT2D eigenvalue weighted by Gasteiger charge is 2.08. The van der Waals surface area contributed by atoms with E-state index in [2.05, 4.69) is 6.92 Å². The summed E-state index contributed by atoms with van der Waals surface area (Å²) in [5.74, 6) is 0. The molecule has 0 aromatic carbocycles. The van der Waals surface area contributed by atoms with E-state index in [-0.39, 0.29) is 6.61 Å². The van der Waals surface area contributed by atoms with Crippen molar-refractivity contribution in [3.05, 3.63) is 12.2 Å². The molecule has 0 saturated heterocycles. The Morgan fingerprint density at radius 3 is 1.65 bits per heavy atom. The molecule has 7 N–H and O–H groups in total. The topological polar surface area (TPSA) is 144 Å². The number of aliphatic hydroxyl groups excluding tert-OH is 2. The highest BCUT2D eigenvalue weighted by Crippen LogP contribution is 2.25. The largest absolute Gasteiger partial charge is 0.466 e. The maximum Gasteiger partial charge on any atom is 0.466 e. The smallest absolute Gasteiger partial charge is 0.395 e. The van der Waals surface area contributed by atoms with Crippen LogP contribution in [0.4, 0.5) is 0 Å². The molecule has 0 bridgehead atoms. The van der Waals surface area contributed by atoms with Crippen LogP contribution in [0.1, 0.15) is 84.0 Å². The molecule has 0 aliphatic heterocycles. The van der Waals surface area contributed by atoms with Gasteiger partial charge in [-0.05, 0) is 12.8 Å². The van der Waals surface area contributed by atoms with Gasteiger partial charge in [0, 0.05) is 0 Å². The van der Waals surface area contributed by atoms with Gasteiger partial charge in [0.25, 0.3) is 0 Å². The molecule has 26 heavy (non-hydrogen) atoms. The Hall–Kier alpha value is -0.270. The third-order valence-corrected chi connectivity index (χ3v) is 3.96. The Morgan fingerprint density at radius 2 is 1.27 bits per heavy atom. The Bertz CT molecular complexity index is 353. The SMILES string of the molecule is CCCCCCCCCCCCCC=C[C@H](O)C(N)CO.O=P(O)(O)O. The molecule has 0 aromatic rings. The predicted molar refractivity (Wildman–Crippen MR) is 106 cm³/mol. The van der Waals surface area contributed by atoms with Gasteiger partial charge >= 0.3 is 7.82 Å². The van der Waals surface area contributed by atoms with Crippen LogP contribution in [0.2, 0.25) is 0 Å². The lowest BCUT2D eigenvalue weighted by atomic mass is 10.0. The van der Waals surface area contributed by atoms with Crippen LogP contribution in [0, 0.1) is 0 Å². The molecule has 1 unspecified atom stereocenters. The first kappa shape index (κ1) is 27.9. The minimum Gasteiger partial charge on any atom is -0.395 e. The summed E-state index contributed by atoms with van der Waals surface area (Å²) in [6.07, 6.45) is 18.8. The van der Waals surface area contributed by atoms with Crippen molar-refractivity contribution in [2.24, 2.45) is 5.73 Å². The molecule has 0 radical (unpaired) electrons. The van der Waals surface area contributed by atoms with Gasteiger partial charge in [-0.3, -0.25) is 0 Å². The average molecular weight is 397 g/mol. The normalized spacial score (nSPS) is 14.1. The number of hydrogen-bond acceptors (Lipinski definition) is 4. The summed E-state index contributed by atoms with van der Waals surface area (Å²) in [4.78, 5) is 21.6. The third-order valence-electron chi connectivity index (χ3n) is 3.96. The fourth-order valence-corrected chi connectivity index (χ4v) is 2.41. The first-order valence-electron chi connectivity index (χ1n) is 9.71. The fraction of sp³-hybridized carbons (Fsp3) is 0.889. The van der Waals surface area contributed by atoms with Crippen molar-refractivity contribution in [3.63, 3.8) is 0 Å². The summed E-state index contributed by atoms with van der Waals surface area (Å²) in [6, 6.07) is -0.557. The van der Waals surface area contributed by atoms with Crippen molar-refractivity contribution in [2.75, 3.05) is 6.61 Å². The number of nitrogens with two attached hydrogens (primary N) is 1. The van der Waals surface area contributed by atoms with E-state index in [1.165, 1.54) is 70.6 Å². The van der Waals surface area contributed by atoms with Crippen molar-refractivity contribution in [3.8, 4) is 0 Å². The summed E-state index contributed by atoms with van der Waals surface area (Å²) in [7, 11) is -4.64. The first-order valence-corrected chi connectivity index (χ1v) is 11.3. The van der Waals surface area contributed by atoms with Gasteiger partial charge in [0.2, 0.25) is 0 Å². The molecule has 2 atom stereocenters. The molecule has 7 nitrogen and oxygen atoms in total. The molecule has 158 valence electrons. The molecule has 0 amide bonds. The first-order chi connectivity index (χ1) is 12.2. The third kappa shape index (κ3) is 28.5. The van der Waals surface area contributed by atoms with Crippen LogP contribution in [0.5, 0.6) is 0 Å². The molecule has 0 aliphatic rings. The standard InChI is InChI=1S/C18H37NO2.H3O4P/c1-2-3-4-5-6-7-8-9-10-11-12-13-14-15-18(21)17(19)16-20;1-5(2,3)4/h14-15,17-18,20-21H,2-13,16,19H2,1H3;(H3,1,2,3,4)/t17?,18-;/m0./s1. The van der Waals surface area contributed by atoms with E-state index in [4.69, 9.17) is 30.1 Å². The molecule has 0 rings (SSSR count). The van der Waals surface area contributed by atoms with Gasteiger partial charge in [0.05, 0.1) is 18.8 Å². The minimum absolute atomic E-state index is 0.177. The molecule has 0 aliphatic carbocycles. The van der Waals surface area contributed by atoms with Gasteiger partial charge < -0.3 is 30.6 Å². The maximum absolute atomic E-state index is 9.52. The Balaban J connectivity index is 0. The van der Waals surface area contributed by atoms with E-state index < -0.39 is 20.0 Å². The second-order valence-electron chi connectivity index (χ2n) is 6.60. The second kappa shape index (κ2) is 19.5. The van der Waals surface area contributed by atoms with Crippen molar-refractivity contribution in [1.29, 1.82) is 0 Å². The monoisotopic (exact) mass is 397 g/mol. The number of aliphatic hydroxyl groups is 2. The summed E-state index contributed by atoms with van der Waals surface area (Å²) in [5, 5.41) is 18.3. The van der Waals surface area contributed by atoms with Crippen LogP contribution in [0.25, 0.3) is 0 Å². The zero-order valence-electron chi connectivity index (χ0n) is 16.2. The Kier molecular flexibility index (Phi) is 20.9. The van der Waals surface area contributed by atoms with E-state index in [0.717, 1.165) is 6.42 Å². The summed E-state index contributed by atoms with van der Waals surface area (Å²) in [5.41, 5.74) is 5.51. The van der Waals surface area contributed by atoms with Crippen molar-refractivity contribution < 1.29 is 29.5 Å². The van der Waals surface area contributed by atoms with Crippen molar-refractivity contribution >= 4 is 7.82 Å². The molecule has 0 heterocycles.